The molecule has 0 fully saturated rings. The quantitative estimate of drug-likeness (QED) is 0.920. The zero-order chi connectivity index (χ0) is 14.8. The van der Waals surface area contributed by atoms with Gasteiger partial charge in [0.2, 0.25) is 5.76 Å². The number of aromatic nitrogens is 3. The lowest BCUT2D eigenvalue weighted by Gasteiger charge is -2.13. The predicted molar refractivity (Wildman–Crippen MR) is 73.5 cm³/mol. The molecule has 0 saturated heterocycles. The number of carbonyl (C=O) groups is 1. The van der Waals surface area contributed by atoms with Crippen molar-refractivity contribution in [2.45, 2.75) is 13.8 Å². The topological polar surface area (TPSA) is 99.4 Å². The van der Waals surface area contributed by atoms with Gasteiger partial charge >= 0.3 is 6.01 Å². The molecule has 0 aromatic carbocycles. The van der Waals surface area contributed by atoms with E-state index in [0.717, 1.165) is 15.6 Å². The Morgan fingerprint density at radius 2 is 2.19 bits per heavy atom. The molecule has 2 aromatic heterocycles. The summed E-state index contributed by atoms with van der Waals surface area (Å²) in [7, 11) is 0. The van der Waals surface area contributed by atoms with Crippen LogP contribution < -0.4 is 5.32 Å². The summed E-state index contributed by atoms with van der Waals surface area (Å²) in [6.07, 6.45) is 1.26. The van der Waals surface area contributed by atoms with E-state index in [-0.39, 0.29) is 11.8 Å². The molecule has 1 aliphatic heterocycles. The number of amides is 1. The fourth-order valence-corrected chi connectivity index (χ4v) is 2.58. The van der Waals surface area contributed by atoms with Gasteiger partial charge in [0, 0.05) is 0 Å². The van der Waals surface area contributed by atoms with Gasteiger partial charge in [-0.15, -0.1) is 16.4 Å². The standard InChI is InChI=1S/C12H12N4O4S/c1-6-9(21-7(2)13-6)11-15-16-12(20-11)14-10(17)8-5-18-3-4-19-8/h5H,3-4H2,1-2H3,(H,14,16,17). The summed E-state index contributed by atoms with van der Waals surface area (Å²) in [6.45, 7) is 4.51. The maximum absolute atomic E-state index is 11.9. The molecule has 21 heavy (non-hydrogen) atoms. The predicted octanol–water partition coefficient (Wildman–Crippen LogP) is 1.64. The molecule has 110 valence electrons. The van der Waals surface area contributed by atoms with Gasteiger partial charge in [0.1, 0.15) is 24.4 Å². The number of nitrogens with zero attached hydrogens (tertiary/aromatic N) is 3. The average molecular weight is 308 g/mol. The van der Waals surface area contributed by atoms with Gasteiger partial charge in [-0.05, 0) is 13.8 Å². The molecular formula is C12H12N4O4S. The van der Waals surface area contributed by atoms with Gasteiger partial charge in [-0.3, -0.25) is 10.1 Å². The van der Waals surface area contributed by atoms with Crippen LogP contribution in [-0.4, -0.2) is 34.3 Å². The normalized spacial score (nSPS) is 14.1. The van der Waals surface area contributed by atoms with E-state index in [0.29, 0.717) is 19.1 Å². The van der Waals surface area contributed by atoms with Crippen molar-refractivity contribution in [1.82, 2.24) is 15.2 Å². The van der Waals surface area contributed by atoms with Crippen LogP contribution >= 0.6 is 11.3 Å². The van der Waals surface area contributed by atoms with Crippen molar-refractivity contribution in [2.24, 2.45) is 0 Å². The molecule has 8 nitrogen and oxygen atoms in total. The lowest BCUT2D eigenvalue weighted by atomic mass is 10.4. The number of thiazole rings is 1. The van der Waals surface area contributed by atoms with E-state index < -0.39 is 5.91 Å². The minimum atomic E-state index is -0.498. The number of nitrogens with one attached hydrogen (secondary N) is 1. The molecule has 9 heteroatoms. The molecule has 1 amide bonds. The fourth-order valence-electron chi connectivity index (χ4n) is 1.74. The van der Waals surface area contributed by atoms with Crippen LogP contribution in [0.15, 0.2) is 16.4 Å². The van der Waals surface area contributed by atoms with Crippen molar-refractivity contribution >= 4 is 23.3 Å². The molecule has 3 heterocycles. The Morgan fingerprint density at radius 3 is 2.86 bits per heavy atom. The Hall–Kier alpha value is -2.42. The number of hydrogen-bond acceptors (Lipinski definition) is 8. The maximum Gasteiger partial charge on any atom is 0.322 e. The zero-order valence-corrected chi connectivity index (χ0v) is 12.2. The van der Waals surface area contributed by atoms with Gasteiger partial charge < -0.3 is 13.9 Å². The second kappa shape index (κ2) is 5.52. The van der Waals surface area contributed by atoms with Gasteiger partial charge in [-0.1, -0.05) is 5.10 Å². The molecule has 2 aromatic rings. The Labute approximate surface area is 123 Å². The summed E-state index contributed by atoms with van der Waals surface area (Å²) in [4.78, 5) is 16.9. The molecule has 0 saturated carbocycles. The highest BCUT2D eigenvalue weighted by atomic mass is 32.1. The summed E-state index contributed by atoms with van der Waals surface area (Å²) in [5.74, 6) is -0.101. The maximum atomic E-state index is 11.9. The number of anilines is 1. The van der Waals surface area contributed by atoms with Crippen LogP contribution in [-0.2, 0) is 14.3 Å². The molecule has 0 bridgehead atoms. The van der Waals surface area contributed by atoms with Crippen molar-refractivity contribution in [2.75, 3.05) is 18.5 Å². The van der Waals surface area contributed by atoms with Crippen molar-refractivity contribution in [3.63, 3.8) is 0 Å². The van der Waals surface area contributed by atoms with E-state index >= 15 is 0 Å². The van der Waals surface area contributed by atoms with Gasteiger partial charge in [0.15, 0.2) is 0 Å². The lowest BCUT2D eigenvalue weighted by molar-refractivity contribution is -0.117. The Kier molecular flexibility index (Phi) is 3.57. The van der Waals surface area contributed by atoms with Crippen molar-refractivity contribution in [3.05, 3.63) is 22.7 Å². The fraction of sp³-hybridized carbons (Fsp3) is 0.333. The van der Waals surface area contributed by atoms with Gasteiger partial charge in [-0.25, -0.2) is 4.98 Å². The molecule has 0 unspecified atom stereocenters. The Balaban J connectivity index is 1.75. The third-order valence-corrected chi connectivity index (χ3v) is 3.68. The zero-order valence-electron chi connectivity index (χ0n) is 11.4. The lowest BCUT2D eigenvalue weighted by Crippen LogP contribution is -2.21. The molecule has 1 aliphatic rings. The summed E-state index contributed by atoms with van der Waals surface area (Å²) < 4.78 is 15.6. The van der Waals surface area contributed by atoms with E-state index in [9.17, 15) is 4.79 Å². The Bertz CT molecular complexity index is 706. The molecule has 0 spiro atoms. The first-order valence-corrected chi connectivity index (χ1v) is 6.99. The number of hydrogen-bond donors (Lipinski definition) is 1. The third kappa shape index (κ3) is 2.87. The van der Waals surface area contributed by atoms with E-state index in [2.05, 4.69) is 20.5 Å². The van der Waals surface area contributed by atoms with Crippen LogP contribution in [0.3, 0.4) is 0 Å². The number of aryl methyl sites for hydroxylation is 2. The molecule has 0 radical (unpaired) electrons. The van der Waals surface area contributed by atoms with E-state index in [1.54, 1.807) is 0 Å². The van der Waals surface area contributed by atoms with E-state index in [1.165, 1.54) is 17.6 Å². The summed E-state index contributed by atoms with van der Waals surface area (Å²) in [5, 5.41) is 11.1. The highest BCUT2D eigenvalue weighted by molar-refractivity contribution is 7.15. The van der Waals surface area contributed by atoms with Crippen LogP contribution in [0.5, 0.6) is 0 Å². The third-order valence-electron chi connectivity index (χ3n) is 2.62. The van der Waals surface area contributed by atoms with Crippen LogP contribution in [0, 0.1) is 13.8 Å². The van der Waals surface area contributed by atoms with Crippen LogP contribution in [0.25, 0.3) is 10.8 Å². The van der Waals surface area contributed by atoms with Gasteiger partial charge in [-0.2, -0.15) is 0 Å². The van der Waals surface area contributed by atoms with Crippen LogP contribution in [0.4, 0.5) is 6.01 Å². The first-order valence-electron chi connectivity index (χ1n) is 6.17. The number of rotatable bonds is 3. The van der Waals surface area contributed by atoms with Crippen LogP contribution in [0.1, 0.15) is 10.7 Å². The van der Waals surface area contributed by atoms with E-state index in [4.69, 9.17) is 13.9 Å². The first-order chi connectivity index (χ1) is 10.1. The minimum absolute atomic E-state index is 0.00414. The number of ether oxygens (including phenoxy) is 2. The molecular weight excluding hydrogens is 296 g/mol. The second-order valence-corrected chi connectivity index (χ2v) is 5.42. The van der Waals surface area contributed by atoms with Gasteiger partial charge in [0.25, 0.3) is 11.8 Å². The van der Waals surface area contributed by atoms with Crippen molar-refractivity contribution in [3.8, 4) is 10.8 Å². The summed E-state index contributed by atoms with van der Waals surface area (Å²) >= 11 is 1.45. The van der Waals surface area contributed by atoms with E-state index in [1.807, 2.05) is 13.8 Å². The Morgan fingerprint density at radius 1 is 1.33 bits per heavy atom. The van der Waals surface area contributed by atoms with Crippen LogP contribution in [0.2, 0.25) is 0 Å². The smallest absolute Gasteiger partial charge is 0.322 e. The SMILES string of the molecule is Cc1nc(C)c(-c2nnc(NC(=O)C3=COCCO3)o2)s1. The molecule has 0 atom stereocenters. The highest BCUT2D eigenvalue weighted by Gasteiger charge is 2.19. The molecule has 1 N–H and O–H groups in total. The summed E-state index contributed by atoms with van der Waals surface area (Å²) in [5.41, 5.74) is 0.811. The number of carbonyl (C=O) groups excluding carboxylic acids is 1. The molecule has 3 rings (SSSR count). The van der Waals surface area contributed by atoms with Crippen molar-refractivity contribution in [1.29, 1.82) is 0 Å². The minimum Gasteiger partial charge on any atom is -0.494 e. The first kappa shape index (κ1) is 13.6. The van der Waals surface area contributed by atoms with Gasteiger partial charge in [0.05, 0.1) is 10.7 Å². The highest BCUT2D eigenvalue weighted by Crippen LogP contribution is 2.29. The second-order valence-electron chi connectivity index (χ2n) is 4.22. The van der Waals surface area contributed by atoms with Crippen molar-refractivity contribution < 1.29 is 18.7 Å². The monoisotopic (exact) mass is 308 g/mol. The summed E-state index contributed by atoms with van der Waals surface area (Å²) in [6, 6.07) is -0.00414. The average Bonchev–Trinajstić information content (AvgIpc) is 3.06. The largest absolute Gasteiger partial charge is 0.494 e. The molecule has 0 aliphatic carbocycles.